The van der Waals surface area contributed by atoms with Crippen LogP contribution < -0.4 is 5.56 Å². The van der Waals surface area contributed by atoms with Gasteiger partial charge in [-0.3, -0.25) is 9.36 Å². The summed E-state index contributed by atoms with van der Waals surface area (Å²) < 4.78 is 8.56. The smallest absolute Gasteiger partial charge is 0.345 e. The molecule has 2 aromatic rings. The predicted octanol–water partition coefficient (Wildman–Crippen LogP) is 2.41. The third-order valence-electron chi connectivity index (χ3n) is 4.61. The molecular formula is C18H21N3O3. The Morgan fingerprint density at radius 1 is 1.50 bits per heavy atom. The van der Waals surface area contributed by atoms with Gasteiger partial charge in [0, 0.05) is 25.1 Å². The van der Waals surface area contributed by atoms with Gasteiger partial charge in [-0.05, 0) is 32.4 Å². The van der Waals surface area contributed by atoms with Crippen molar-refractivity contribution in [3.05, 3.63) is 64.1 Å². The number of hydrogen-bond acceptors (Lipinski definition) is 4. The lowest BCUT2D eigenvalue weighted by molar-refractivity contribution is 0.0522. The largest absolute Gasteiger partial charge is 0.462 e. The number of carbonyl (C=O) groups excluding carboxylic acids is 1. The number of esters is 1. The maximum absolute atomic E-state index is 12.9. The zero-order valence-corrected chi connectivity index (χ0v) is 14.2. The topological polar surface area (TPSA) is 66.1 Å². The molecule has 3 rings (SSSR count). The number of nitrogens with zero attached hydrogens (tertiary/aromatic N) is 3. The number of aromatic nitrogens is 3. The molecule has 0 saturated heterocycles. The normalized spacial score (nSPS) is 19.9. The van der Waals surface area contributed by atoms with Crippen molar-refractivity contribution in [3.8, 4) is 0 Å². The van der Waals surface area contributed by atoms with Gasteiger partial charge in [0.2, 0.25) is 0 Å². The molecule has 3 heterocycles. The molecule has 6 heteroatoms. The molecule has 0 aliphatic carbocycles. The van der Waals surface area contributed by atoms with Gasteiger partial charge in [-0.2, -0.15) is 0 Å². The first-order valence-electron chi connectivity index (χ1n) is 8.03. The van der Waals surface area contributed by atoms with Gasteiger partial charge in [0.15, 0.2) is 0 Å². The van der Waals surface area contributed by atoms with E-state index in [0.29, 0.717) is 5.82 Å². The Morgan fingerprint density at radius 3 is 2.88 bits per heavy atom. The SMILES string of the molecule is C=C1CC(c2cccn2C)c2ncc(C(=O)OCC)c(=O)n2C1C. The van der Waals surface area contributed by atoms with Gasteiger partial charge in [0.1, 0.15) is 11.4 Å². The predicted molar refractivity (Wildman–Crippen MR) is 90.2 cm³/mol. The average molecular weight is 327 g/mol. The number of allylic oxidation sites excluding steroid dienone is 1. The molecule has 2 unspecified atom stereocenters. The average Bonchev–Trinajstić information content (AvgIpc) is 2.97. The number of ether oxygens (including phenoxy) is 1. The Hall–Kier alpha value is -2.63. The molecule has 0 bridgehead atoms. The van der Waals surface area contributed by atoms with Gasteiger partial charge in [-0.1, -0.05) is 12.2 Å². The van der Waals surface area contributed by atoms with E-state index in [4.69, 9.17) is 4.74 Å². The minimum absolute atomic E-state index is 0.0345. The van der Waals surface area contributed by atoms with Crippen LogP contribution in [0, 0.1) is 0 Å². The van der Waals surface area contributed by atoms with Crippen molar-refractivity contribution < 1.29 is 9.53 Å². The van der Waals surface area contributed by atoms with Gasteiger partial charge in [0.05, 0.1) is 18.6 Å². The number of carbonyl (C=O) groups is 1. The van der Waals surface area contributed by atoms with Crippen molar-refractivity contribution in [1.29, 1.82) is 0 Å². The van der Waals surface area contributed by atoms with E-state index in [2.05, 4.69) is 11.6 Å². The van der Waals surface area contributed by atoms with Crippen LogP contribution in [0.25, 0.3) is 0 Å². The molecule has 126 valence electrons. The molecule has 1 aliphatic rings. The lowest BCUT2D eigenvalue weighted by atomic mass is 9.88. The molecule has 0 aromatic carbocycles. The summed E-state index contributed by atoms with van der Waals surface area (Å²) in [6, 6.07) is 3.78. The first-order valence-corrected chi connectivity index (χ1v) is 8.03. The van der Waals surface area contributed by atoms with Crippen LogP contribution in [0.15, 0.2) is 41.5 Å². The summed E-state index contributed by atoms with van der Waals surface area (Å²) in [7, 11) is 1.96. The fourth-order valence-corrected chi connectivity index (χ4v) is 3.24. The Bertz CT molecular complexity index is 863. The maximum atomic E-state index is 12.9. The molecule has 2 atom stereocenters. The first kappa shape index (κ1) is 16.2. The highest BCUT2D eigenvalue weighted by molar-refractivity contribution is 5.88. The molecule has 0 N–H and O–H groups in total. The maximum Gasteiger partial charge on any atom is 0.345 e. The minimum Gasteiger partial charge on any atom is -0.462 e. The van der Waals surface area contributed by atoms with E-state index >= 15 is 0 Å². The molecule has 0 radical (unpaired) electrons. The van der Waals surface area contributed by atoms with Gasteiger partial charge in [-0.15, -0.1) is 0 Å². The van der Waals surface area contributed by atoms with Crippen LogP contribution in [0.3, 0.4) is 0 Å². The number of rotatable bonds is 3. The summed E-state index contributed by atoms with van der Waals surface area (Å²) >= 11 is 0. The van der Waals surface area contributed by atoms with Crippen molar-refractivity contribution in [2.45, 2.75) is 32.2 Å². The number of aryl methyl sites for hydroxylation is 1. The summed E-state index contributed by atoms with van der Waals surface area (Å²) in [4.78, 5) is 29.3. The van der Waals surface area contributed by atoms with Crippen LogP contribution in [-0.2, 0) is 11.8 Å². The molecule has 6 nitrogen and oxygen atoms in total. The number of hydrogen-bond donors (Lipinski definition) is 0. The second-order valence-corrected chi connectivity index (χ2v) is 6.06. The Kier molecular flexibility index (Phi) is 4.13. The third kappa shape index (κ3) is 2.48. The highest BCUT2D eigenvalue weighted by Gasteiger charge is 2.33. The van der Waals surface area contributed by atoms with Crippen molar-refractivity contribution in [2.24, 2.45) is 7.05 Å². The van der Waals surface area contributed by atoms with Crippen LogP contribution >= 0.6 is 0 Å². The second kappa shape index (κ2) is 6.11. The van der Waals surface area contributed by atoms with Crippen LogP contribution in [0.4, 0.5) is 0 Å². The van der Waals surface area contributed by atoms with E-state index < -0.39 is 5.97 Å². The minimum atomic E-state index is -0.635. The van der Waals surface area contributed by atoms with E-state index in [-0.39, 0.29) is 29.7 Å². The fraction of sp³-hybridized carbons (Fsp3) is 0.389. The van der Waals surface area contributed by atoms with Gasteiger partial charge in [0.25, 0.3) is 5.56 Å². The van der Waals surface area contributed by atoms with E-state index in [1.54, 1.807) is 11.5 Å². The summed E-state index contributed by atoms with van der Waals surface area (Å²) in [6.07, 6.45) is 4.03. The van der Waals surface area contributed by atoms with Crippen molar-refractivity contribution >= 4 is 5.97 Å². The number of fused-ring (bicyclic) bond motifs is 1. The Labute approximate surface area is 140 Å². The molecule has 0 fully saturated rings. The zero-order chi connectivity index (χ0) is 17.4. The second-order valence-electron chi connectivity index (χ2n) is 6.06. The zero-order valence-electron chi connectivity index (χ0n) is 14.2. The summed E-state index contributed by atoms with van der Waals surface area (Å²) in [5.41, 5.74) is 1.60. The van der Waals surface area contributed by atoms with Gasteiger partial charge >= 0.3 is 5.97 Å². The highest BCUT2D eigenvalue weighted by Crippen LogP contribution is 2.38. The van der Waals surface area contributed by atoms with Crippen LogP contribution in [0.5, 0.6) is 0 Å². The standard InChI is InChI=1S/C18H21N3O3/c1-5-24-18(23)14-10-19-16-13(15-7-6-8-20(15)4)9-11(2)12(3)21(16)17(14)22/h6-8,10,12-13H,2,5,9H2,1,3-4H3. The van der Waals surface area contributed by atoms with Crippen molar-refractivity contribution in [1.82, 2.24) is 14.1 Å². The van der Waals surface area contributed by atoms with Crippen molar-refractivity contribution in [3.63, 3.8) is 0 Å². The lowest BCUT2D eigenvalue weighted by Crippen LogP contribution is -2.37. The van der Waals surface area contributed by atoms with Gasteiger partial charge < -0.3 is 9.30 Å². The molecule has 1 aliphatic heterocycles. The quantitative estimate of drug-likeness (QED) is 0.641. The summed E-state index contributed by atoms with van der Waals surface area (Å²) in [5, 5.41) is 0. The molecule has 2 aromatic heterocycles. The lowest BCUT2D eigenvalue weighted by Gasteiger charge is -2.32. The molecule has 0 spiro atoms. The molecular weight excluding hydrogens is 306 g/mol. The van der Waals surface area contributed by atoms with E-state index in [1.165, 1.54) is 6.20 Å². The third-order valence-corrected chi connectivity index (χ3v) is 4.61. The van der Waals surface area contributed by atoms with E-state index in [0.717, 1.165) is 17.7 Å². The summed E-state index contributed by atoms with van der Waals surface area (Å²) in [6.45, 7) is 7.95. The van der Waals surface area contributed by atoms with Crippen molar-refractivity contribution in [2.75, 3.05) is 6.61 Å². The van der Waals surface area contributed by atoms with Crippen LogP contribution in [-0.4, -0.2) is 26.7 Å². The Balaban J connectivity index is 2.18. The highest BCUT2D eigenvalue weighted by atomic mass is 16.5. The van der Waals surface area contributed by atoms with Crippen LogP contribution in [0.2, 0.25) is 0 Å². The van der Waals surface area contributed by atoms with Gasteiger partial charge in [-0.25, -0.2) is 9.78 Å². The molecule has 0 saturated carbocycles. The first-order chi connectivity index (χ1) is 11.5. The van der Waals surface area contributed by atoms with Crippen LogP contribution in [0.1, 0.15) is 54.1 Å². The van der Waals surface area contributed by atoms with E-state index in [9.17, 15) is 9.59 Å². The molecule has 24 heavy (non-hydrogen) atoms. The Morgan fingerprint density at radius 2 is 2.25 bits per heavy atom. The fourth-order valence-electron chi connectivity index (χ4n) is 3.24. The molecule has 0 amide bonds. The monoisotopic (exact) mass is 327 g/mol. The van der Waals surface area contributed by atoms with E-state index in [1.807, 2.05) is 36.9 Å². The summed E-state index contributed by atoms with van der Waals surface area (Å²) in [5.74, 6) is -0.0310.